The molecule has 0 saturated heterocycles. The third-order valence-corrected chi connectivity index (χ3v) is 5.62. The zero-order chi connectivity index (χ0) is 18.1. The maximum atomic E-state index is 5.77. The molecule has 4 heteroatoms. The number of likely N-dealkylation sites (N-methyl/N-ethyl adjacent to an activating group) is 1. The molecule has 2 aromatic heterocycles. The summed E-state index contributed by atoms with van der Waals surface area (Å²) in [6.07, 6.45) is 5.91. The summed E-state index contributed by atoms with van der Waals surface area (Å²) >= 11 is 0. The van der Waals surface area contributed by atoms with Crippen LogP contribution in [-0.4, -0.2) is 34.7 Å². The maximum absolute atomic E-state index is 5.77. The van der Waals surface area contributed by atoms with Crippen molar-refractivity contribution in [1.29, 1.82) is 0 Å². The molecule has 0 fully saturated rings. The molecule has 0 amide bonds. The molecule has 0 radical (unpaired) electrons. The predicted octanol–water partition coefficient (Wildman–Crippen LogP) is 4.23. The fourth-order valence-corrected chi connectivity index (χ4v) is 4.14. The molecule has 1 aliphatic rings. The van der Waals surface area contributed by atoms with Crippen LogP contribution in [0.1, 0.15) is 36.7 Å². The van der Waals surface area contributed by atoms with Crippen LogP contribution in [0.25, 0.3) is 10.9 Å². The Morgan fingerprint density at radius 1 is 1.27 bits per heavy atom. The Morgan fingerprint density at radius 3 is 2.92 bits per heavy atom. The van der Waals surface area contributed by atoms with Crippen molar-refractivity contribution in [3.8, 4) is 5.75 Å². The lowest BCUT2D eigenvalue weighted by Gasteiger charge is -2.31. The van der Waals surface area contributed by atoms with E-state index in [1.54, 1.807) is 0 Å². The van der Waals surface area contributed by atoms with Crippen LogP contribution in [-0.2, 0) is 19.4 Å². The van der Waals surface area contributed by atoms with Crippen molar-refractivity contribution in [2.45, 2.75) is 39.3 Å². The molecule has 0 aliphatic carbocycles. The number of ether oxygens (including phenoxy) is 1. The smallest absolute Gasteiger partial charge is 0.120 e. The van der Waals surface area contributed by atoms with E-state index in [9.17, 15) is 0 Å². The molecule has 0 bridgehead atoms. The van der Waals surface area contributed by atoms with Crippen molar-refractivity contribution in [2.24, 2.45) is 0 Å². The minimum absolute atomic E-state index is 0.428. The minimum Gasteiger partial charge on any atom is -0.494 e. The first-order chi connectivity index (χ1) is 12.7. The second-order valence-electron chi connectivity index (χ2n) is 7.14. The third-order valence-electron chi connectivity index (χ3n) is 5.62. The van der Waals surface area contributed by atoms with Crippen LogP contribution in [0.2, 0.25) is 0 Å². The van der Waals surface area contributed by atoms with Crippen molar-refractivity contribution in [1.82, 2.24) is 14.5 Å². The van der Waals surface area contributed by atoms with Crippen molar-refractivity contribution in [3.05, 3.63) is 59.5 Å². The highest BCUT2D eigenvalue weighted by Crippen LogP contribution is 2.38. The molecule has 136 valence electrons. The van der Waals surface area contributed by atoms with E-state index in [4.69, 9.17) is 4.74 Å². The molecule has 0 saturated carbocycles. The number of nitrogens with zero attached hydrogens (tertiary/aromatic N) is 3. The van der Waals surface area contributed by atoms with Gasteiger partial charge in [0, 0.05) is 54.5 Å². The summed E-state index contributed by atoms with van der Waals surface area (Å²) in [5, 5.41) is 1.34. The molecule has 4 nitrogen and oxygen atoms in total. The van der Waals surface area contributed by atoms with Crippen molar-refractivity contribution in [3.63, 3.8) is 0 Å². The number of benzene rings is 1. The van der Waals surface area contributed by atoms with Gasteiger partial charge in [-0.15, -0.1) is 0 Å². The molecule has 1 atom stereocenters. The van der Waals surface area contributed by atoms with Crippen molar-refractivity contribution >= 4 is 10.9 Å². The molecular formula is C22H27N3O. The molecule has 1 aromatic carbocycles. The van der Waals surface area contributed by atoms with Crippen molar-refractivity contribution < 1.29 is 4.74 Å². The van der Waals surface area contributed by atoms with E-state index in [1.165, 1.54) is 27.7 Å². The number of aryl methyl sites for hydroxylation is 2. The van der Waals surface area contributed by atoms with Gasteiger partial charge in [-0.3, -0.25) is 9.88 Å². The number of hydrogen-bond acceptors (Lipinski definition) is 3. The van der Waals surface area contributed by atoms with E-state index in [0.717, 1.165) is 31.7 Å². The molecule has 0 spiro atoms. The van der Waals surface area contributed by atoms with Crippen LogP contribution < -0.4 is 4.74 Å². The van der Waals surface area contributed by atoms with Gasteiger partial charge in [0.15, 0.2) is 0 Å². The number of fused-ring (bicyclic) bond motifs is 3. The van der Waals surface area contributed by atoms with Crippen molar-refractivity contribution in [2.75, 3.05) is 20.2 Å². The number of hydrogen-bond donors (Lipinski definition) is 0. The van der Waals surface area contributed by atoms with E-state index in [2.05, 4.69) is 52.7 Å². The number of pyridine rings is 1. The van der Waals surface area contributed by atoms with Gasteiger partial charge in [0.2, 0.25) is 0 Å². The van der Waals surface area contributed by atoms with Crippen LogP contribution in [0, 0.1) is 0 Å². The third kappa shape index (κ3) is 2.99. The highest BCUT2D eigenvalue weighted by atomic mass is 16.5. The van der Waals surface area contributed by atoms with Crippen LogP contribution in [0.15, 0.2) is 42.7 Å². The van der Waals surface area contributed by atoms with Gasteiger partial charge in [-0.25, -0.2) is 0 Å². The average Bonchev–Trinajstić information content (AvgIpc) is 2.97. The number of aromatic nitrogens is 2. The summed E-state index contributed by atoms with van der Waals surface area (Å²) in [5.41, 5.74) is 5.57. The van der Waals surface area contributed by atoms with Gasteiger partial charge in [-0.1, -0.05) is 6.07 Å². The maximum Gasteiger partial charge on any atom is 0.120 e. The van der Waals surface area contributed by atoms with Gasteiger partial charge in [-0.05, 0) is 62.7 Å². The zero-order valence-electron chi connectivity index (χ0n) is 15.9. The fourth-order valence-electron chi connectivity index (χ4n) is 4.14. The Morgan fingerprint density at radius 2 is 2.15 bits per heavy atom. The van der Waals surface area contributed by atoms with Crippen LogP contribution in [0.4, 0.5) is 0 Å². The Bertz CT molecular complexity index is 901. The fraction of sp³-hybridized carbons (Fsp3) is 0.409. The summed E-state index contributed by atoms with van der Waals surface area (Å²) in [5.74, 6) is 0.965. The first kappa shape index (κ1) is 17.1. The summed E-state index contributed by atoms with van der Waals surface area (Å²) < 4.78 is 8.30. The summed E-state index contributed by atoms with van der Waals surface area (Å²) in [6.45, 7) is 7.15. The second-order valence-corrected chi connectivity index (χ2v) is 7.14. The Balaban J connectivity index is 1.79. The number of rotatable bonds is 5. The van der Waals surface area contributed by atoms with Gasteiger partial charge >= 0.3 is 0 Å². The first-order valence-electron chi connectivity index (χ1n) is 9.56. The lowest BCUT2D eigenvalue weighted by molar-refractivity contribution is 0.245. The predicted molar refractivity (Wildman–Crippen MR) is 106 cm³/mol. The highest BCUT2D eigenvalue weighted by molar-refractivity contribution is 5.87. The topological polar surface area (TPSA) is 30.3 Å². The van der Waals surface area contributed by atoms with E-state index in [-0.39, 0.29) is 0 Å². The van der Waals surface area contributed by atoms with E-state index in [1.807, 2.05) is 25.4 Å². The molecule has 1 unspecified atom stereocenters. The molecular weight excluding hydrogens is 322 g/mol. The van der Waals surface area contributed by atoms with E-state index < -0.39 is 0 Å². The molecule has 3 aromatic rings. The minimum atomic E-state index is 0.428. The van der Waals surface area contributed by atoms with E-state index >= 15 is 0 Å². The lowest BCUT2D eigenvalue weighted by atomic mass is 9.97. The second kappa shape index (κ2) is 7.12. The zero-order valence-corrected chi connectivity index (χ0v) is 15.9. The summed E-state index contributed by atoms with van der Waals surface area (Å²) in [7, 11) is 2.22. The monoisotopic (exact) mass is 349 g/mol. The Kier molecular flexibility index (Phi) is 4.68. The Hall–Kier alpha value is -2.33. The van der Waals surface area contributed by atoms with Crippen LogP contribution in [0.5, 0.6) is 5.75 Å². The van der Waals surface area contributed by atoms with Gasteiger partial charge in [0.1, 0.15) is 5.75 Å². The molecule has 4 rings (SSSR count). The standard InChI is InChI=1S/C22H27N3O/c1-4-26-18-7-8-20-19(14-18)22-16(2)24(3)12-10-21(22)25(20)13-9-17-6-5-11-23-15-17/h5-8,11,14-16H,4,9-10,12-13H2,1-3H3. The summed E-state index contributed by atoms with van der Waals surface area (Å²) in [4.78, 5) is 6.70. The largest absolute Gasteiger partial charge is 0.494 e. The van der Waals surface area contributed by atoms with Gasteiger partial charge < -0.3 is 9.30 Å². The Labute approximate surface area is 155 Å². The molecule has 3 heterocycles. The quantitative estimate of drug-likeness (QED) is 0.691. The SMILES string of the molecule is CCOc1ccc2c(c1)c1c(n2CCc2cccnc2)CCN(C)C1C. The van der Waals surface area contributed by atoms with Gasteiger partial charge in [0.05, 0.1) is 6.61 Å². The average molecular weight is 349 g/mol. The molecule has 0 N–H and O–H groups in total. The molecule has 1 aliphatic heterocycles. The van der Waals surface area contributed by atoms with Crippen LogP contribution >= 0.6 is 0 Å². The molecule has 26 heavy (non-hydrogen) atoms. The summed E-state index contributed by atoms with van der Waals surface area (Å²) in [6, 6.07) is 11.2. The normalized spacial score (nSPS) is 17.4. The van der Waals surface area contributed by atoms with E-state index in [0.29, 0.717) is 12.6 Å². The highest BCUT2D eigenvalue weighted by Gasteiger charge is 2.28. The van der Waals surface area contributed by atoms with Crippen LogP contribution in [0.3, 0.4) is 0 Å². The van der Waals surface area contributed by atoms with Gasteiger partial charge in [0.25, 0.3) is 0 Å². The first-order valence-corrected chi connectivity index (χ1v) is 9.56. The van der Waals surface area contributed by atoms with Gasteiger partial charge in [-0.2, -0.15) is 0 Å². The lowest BCUT2D eigenvalue weighted by Crippen LogP contribution is -2.31.